The van der Waals surface area contributed by atoms with Gasteiger partial charge in [-0.3, -0.25) is 14.5 Å². The Morgan fingerprint density at radius 1 is 1.44 bits per heavy atom. The maximum atomic E-state index is 12.0. The molecule has 1 aliphatic rings. The van der Waals surface area contributed by atoms with Gasteiger partial charge in [0.1, 0.15) is 6.04 Å². The monoisotopic (exact) mass is 266 g/mol. The summed E-state index contributed by atoms with van der Waals surface area (Å²) in [5, 5.41) is 3.08. The second-order valence-corrected chi connectivity index (χ2v) is 4.77. The Morgan fingerprint density at radius 3 is 2.83 bits per heavy atom. The molecule has 1 unspecified atom stereocenters. The molecular weight excluding hydrogens is 252 g/mol. The minimum atomic E-state index is -0.481. The Labute approximate surface area is 111 Å². The lowest BCUT2D eigenvalue weighted by atomic mass is 10.1. The van der Waals surface area contributed by atoms with E-state index in [2.05, 4.69) is 5.32 Å². The molecule has 0 aliphatic carbocycles. The SMILES string of the molecule is CCC1C(=O)NCC(=O)N1c1cc(C)ccc1Cl. The number of anilines is 1. The average molecular weight is 267 g/mol. The smallest absolute Gasteiger partial charge is 0.247 e. The lowest BCUT2D eigenvalue weighted by Crippen LogP contribution is -2.58. The first kappa shape index (κ1) is 12.9. The summed E-state index contributed by atoms with van der Waals surface area (Å²) in [6.45, 7) is 3.83. The number of hydrogen-bond donors (Lipinski definition) is 1. The summed E-state index contributed by atoms with van der Waals surface area (Å²) in [5.41, 5.74) is 1.62. The molecule has 1 saturated heterocycles. The molecule has 2 rings (SSSR count). The summed E-state index contributed by atoms with van der Waals surface area (Å²) in [5.74, 6) is -0.261. The minimum absolute atomic E-state index is 0.0274. The zero-order valence-electron chi connectivity index (χ0n) is 10.4. The molecule has 96 valence electrons. The Kier molecular flexibility index (Phi) is 3.57. The molecule has 0 saturated carbocycles. The van der Waals surface area contributed by atoms with Crippen LogP contribution in [0.4, 0.5) is 5.69 Å². The molecule has 2 amide bonds. The fourth-order valence-corrected chi connectivity index (χ4v) is 2.34. The fraction of sp³-hybridized carbons (Fsp3) is 0.385. The molecule has 18 heavy (non-hydrogen) atoms. The van der Waals surface area contributed by atoms with E-state index in [1.165, 1.54) is 4.90 Å². The van der Waals surface area contributed by atoms with Crippen LogP contribution >= 0.6 is 11.6 Å². The van der Waals surface area contributed by atoms with Crippen molar-refractivity contribution >= 4 is 29.1 Å². The number of nitrogens with one attached hydrogen (secondary N) is 1. The third-order valence-electron chi connectivity index (χ3n) is 3.04. The molecule has 1 aromatic carbocycles. The molecule has 0 radical (unpaired) electrons. The number of aryl methyl sites for hydroxylation is 1. The Bertz CT molecular complexity index is 502. The van der Waals surface area contributed by atoms with E-state index in [-0.39, 0.29) is 18.4 Å². The van der Waals surface area contributed by atoms with Crippen molar-refractivity contribution < 1.29 is 9.59 Å². The van der Waals surface area contributed by atoms with Gasteiger partial charge in [-0.1, -0.05) is 24.6 Å². The molecule has 0 spiro atoms. The average Bonchev–Trinajstić information content (AvgIpc) is 2.35. The van der Waals surface area contributed by atoms with E-state index < -0.39 is 6.04 Å². The molecule has 0 bridgehead atoms. The number of carbonyl (C=O) groups is 2. The predicted octanol–water partition coefficient (Wildman–Crippen LogP) is 1.89. The summed E-state index contributed by atoms with van der Waals surface area (Å²) < 4.78 is 0. The van der Waals surface area contributed by atoms with Crippen molar-refractivity contribution in [3.63, 3.8) is 0 Å². The van der Waals surface area contributed by atoms with Crippen molar-refractivity contribution in [3.8, 4) is 0 Å². The van der Waals surface area contributed by atoms with Gasteiger partial charge in [0.15, 0.2) is 0 Å². The quantitative estimate of drug-likeness (QED) is 0.889. The first-order valence-electron chi connectivity index (χ1n) is 5.90. The highest BCUT2D eigenvalue weighted by atomic mass is 35.5. The lowest BCUT2D eigenvalue weighted by Gasteiger charge is -2.35. The van der Waals surface area contributed by atoms with E-state index in [4.69, 9.17) is 11.6 Å². The van der Waals surface area contributed by atoms with Crippen molar-refractivity contribution in [2.45, 2.75) is 26.3 Å². The van der Waals surface area contributed by atoms with Gasteiger partial charge in [0, 0.05) is 0 Å². The van der Waals surface area contributed by atoms with E-state index in [1.54, 1.807) is 6.07 Å². The van der Waals surface area contributed by atoms with E-state index in [0.717, 1.165) is 5.56 Å². The van der Waals surface area contributed by atoms with Gasteiger partial charge in [-0.2, -0.15) is 0 Å². The van der Waals surface area contributed by atoms with E-state index >= 15 is 0 Å². The number of carbonyl (C=O) groups excluding carboxylic acids is 2. The van der Waals surface area contributed by atoms with Crippen molar-refractivity contribution in [3.05, 3.63) is 28.8 Å². The first-order valence-corrected chi connectivity index (χ1v) is 6.28. The van der Waals surface area contributed by atoms with E-state index in [1.807, 2.05) is 26.0 Å². The minimum Gasteiger partial charge on any atom is -0.345 e. The van der Waals surface area contributed by atoms with Gasteiger partial charge in [0.05, 0.1) is 17.3 Å². The third kappa shape index (κ3) is 2.20. The molecular formula is C13H15ClN2O2. The molecule has 0 aromatic heterocycles. The summed E-state index contributed by atoms with van der Waals surface area (Å²) in [4.78, 5) is 25.3. The highest BCUT2D eigenvalue weighted by molar-refractivity contribution is 6.34. The van der Waals surface area contributed by atoms with E-state index in [9.17, 15) is 9.59 Å². The number of hydrogen-bond acceptors (Lipinski definition) is 2. The Hall–Kier alpha value is -1.55. The molecule has 4 nitrogen and oxygen atoms in total. The summed E-state index contributed by atoms with van der Waals surface area (Å²) in [7, 11) is 0. The number of amides is 2. The normalized spacial score (nSPS) is 19.9. The van der Waals surface area contributed by atoms with Crippen LogP contribution in [0.25, 0.3) is 0 Å². The number of piperazine rings is 1. The number of halogens is 1. The van der Waals surface area contributed by atoms with Crippen molar-refractivity contribution in [2.75, 3.05) is 11.4 Å². The number of rotatable bonds is 2. The van der Waals surface area contributed by atoms with Gasteiger partial charge >= 0.3 is 0 Å². The van der Waals surface area contributed by atoms with Crippen LogP contribution in [0.2, 0.25) is 5.02 Å². The van der Waals surface area contributed by atoms with Crippen LogP contribution in [-0.4, -0.2) is 24.4 Å². The van der Waals surface area contributed by atoms with Crippen molar-refractivity contribution in [2.24, 2.45) is 0 Å². The van der Waals surface area contributed by atoms with Crippen LogP contribution in [0.3, 0.4) is 0 Å². The van der Waals surface area contributed by atoms with Crippen LogP contribution < -0.4 is 10.2 Å². The highest BCUT2D eigenvalue weighted by Gasteiger charge is 2.35. The third-order valence-corrected chi connectivity index (χ3v) is 3.36. The predicted molar refractivity (Wildman–Crippen MR) is 70.8 cm³/mol. The summed E-state index contributed by atoms with van der Waals surface area (Å²) >= 11 is 6.14. The summed E-state index contributed by atoms with van der Waals surface area (Å²) in [6.07, 6.45) is 0.557. The van der Waals surface area contributed by atoms with Crippen molar-refractivity contribution in [1.82, 2.24) is 5.32 Å². The van der Waals surface area contributed by atoms with Crippen molar-refractivity contribution in [1.29, 1.82) is 0 Å². The molecule has 1 heterocycles. The lowest BCUT2D eigenvalue weighted by molar-refractivity contribution is -0.131. The van der Waals surface area contributed by atoms with Gasteiger partial charge in [0.25, 0.3) is 0 Å². The molecule has 1 aromatic rings. The fourth-order valence-electron chi connectivity index (χ4n) is 2.13. The van der Waals surface area contributed by atoms with Crippen LogP contribution in [-0.2, 0) is 9.59 Å². The van der Waals surface area contributed by atoms with Gasteiger partial charge < -0.3 is 5.32 Å². The standard InChI is InChI=1S/C13H15ClN2O2/c1-3-10-13(18)15-7-12(17)16(10)11-6-8(2)4-5-9(11)14/h4-6,10H,3,7H2,1-2H3,(H,15,18). The Balaban J connectivity index is 2.47. The topological polar surface area (TPSA) is 49.4 Å². The van der Waals surface area contributed by atoms with Gasteiger partial charge in [-0.25, -0.2) is 0 Å². The van der Waals surface area contributed by atoms with Gasteiger partial charge in [-0.05, 0) is 31.0 Å². The van der Waals surface area contributed by atoms with E-state index in [0.29, 0.717) is 17.1 Å². The summed E-state index contributed by atoms with van der Waals surface area (Å²) in [6, 6.07) is 4.98. The zero-order valence-corrected chi connectivity index (χ0v) is 11.1. The zero-order chi connectivity index (χ0) is 13.3. The molecule has 1 N–H and O–H groups in total. The highest BCUT2D eigenvalue weighted by Crippen LogP contribution is 2.30. The first-order chi connectivity index (χ1) is 8.54. The van der Waals surface area contributed by atoms with Gasteiger partial charge in [0.2, 0.25) is 11.8 Å². The van der Waals surface area contributed by atoms with Crippen LogP contribution in [0.5, 0.6) is 0 Å². The molecule has 1 aliphatic heterocycles. The molecule has 1 fully saturated rings. The van der Waals surface area contributed by atoms with Crippen LogP contribution in [0, 0.1) is 6.92 Å². The number of benzene rings is 1. The molecule has 5 heteroatoms. The second-order valence-electron chi connectivity index (χ2n) is 4.36. The maximum Gasteiger partial charge on any atom is 0.247 e. The maximum absolute atomic E-state index is 12.0. The molecule has 1 atom stereocenters. The largest absolute Gasteiger partial charge is 0.345 e. The van der Waals surface area contributed by atoms with Gasteiger partial charge in [-0.15, -0.1) is 0 Å². The van der Waals surface area contributed by atoms with Crippen LogP contribution in [0.1, 0.15) is 18.9 Å². The Morgan fingerprint density at radius 2 is 2.17 bits per heavy atom. The second kappa shape index (κ2) is 4.98. The number of nitrogens with zero attached hydrogens (tertiary/aromatic N) is 1. The van der Waals surface area contributed by atoms with Crippen LogP contribution in [0.15, 0.2) is 18.2 Å².